The summed E-state index contributed by atoms with van der Waals surface area (Å²) in [5.41, 5.74) is 1.54. The van der Waals surface area contributed by atoms with Crippen LogP contribution >= 0.6 is 0 Å². The number of hydrogen-bond donors (Lipinski definition) is 1. The fraction of sp³-hybridized carbons (Fsp3) is 0.333. The Bertz CT molecular complexity index is 1130. The summed E-state index contributed by atoms with van der Waals surface area (Å²) in [6, 6.07) is 14.2. The van der Waals surface area contributed by atoms with Crippen molar-refractivity contribution in [3.05, 3.63) is 64.5 Å². The number of anilines is 1. The number of methoxy groups -OCH3 is 2. The number of fused-ring (bicyclic) bond motifs is 1. The van der Waals surface area contributed by atoms with E-state index in [4.69, 9.17) is 13.9 Å². The normalized spacial score (nSPS) is 14.4. The van der Waals surface area contributed by atoms with Crippen LogP contribution in [0.2, 0.25) is 0 Å². The lowest BCUT2D eigenvalue weighted by Gasteiger charge is -2.35. The standard InChI is InChI=1S/C24H27N3O5/c1-30-18-13-17(14-19(15-18)31-2)24(29)27-11-9-26(10-12-27)8-7-25-21-16-23(28)32-22-6-4-3-5-20(21)22/h3-6,13-16,25H,7-12H2,1-2H3. The van der Waals surface area contributed by atoms with E-state index >= 15 is 0 Å². The smallest absolute Gasteiger partial charge is 0.338 e. The maximum atomic E-state index is 12.9. The lowest BCUT2D eigenvalue weighted by Crippen LogP contribution is -2.49. The number of ether oxygens (including phenoxy) is 2. The van der Waals surface area contributed by atoms with Gasteiger partial charge in [0.1, 0.15) is 17.1 Å². The van der Waals surface area contributed by atoms with Crippen LogP contribution in [0.15, 0.2) is 57.7 Å². The Morgan fingerprint density at radius 1 is 1.00 bits per heavy atom. The molecule has 4 rings (SSSR count). The molecule has 0 spiro atoms. The quantitative estimate of drug-likeness (QED) is 0.569. The molecule has 2 heterocycles. The first-order chi connectivity index (χ1) is 15.6. The minimum absolute atomic E-state index is 0.0255. The van der Waals surface area contributed by atoms with Gasteiger partial charge in [0.05, 0.1) is 19.9 Å². The molecule has 3 aromatic rings. The van der Waals surface area contributed by atoms with E-state index in [9.17, 15) is 9.59 Å². The lowest BCUT2D eigenvalue weighted by atomic mass is 10.1. The second kappa shape index (κ2) is 9.74. The molecule has 1 aromatic heterocycles. The van der Waals surface area contributed by atoms with Gasteiger partial charge in [-0.2, -0.15) is 0 Å². The molecular formula is C24H27N3O5. The van der Waals surface area contributed by atoms with Gasteiger partial charge in [0.25, 0.3) is 5.91 Å². The molecule has 1 aliphatic rings. The molecule has 8 heteroatoms. The maximum absolute atomic E-state index is 12.9. The molecule has 1 N–H and O–H groups in total. The Hall–Kier alpha value is -3.52. The summed E-state index contributed by atoms with van der Waals surface area (Å²) in [5, 5.41) is 4.24. The molecular weight excluding hydrogens is 410 g/mol. The first-order valence-corrected chi connectivity index (χ1v) is 10.6. The molecule has 0 unspecified atom stereocenters. The Morgan fingerprint density at radius 2 is 1.69 bits per heavy atom. The molecule has 1 saturated heterocycles. The van der Waals surface area contributed by atoms with Crippen molar-refractivity contribution in [3.8, 4) is 11.5 Å². The molecule has 0 radical (unpaired) electrons. The van der Waals surface area contributed by atoms with E-state index in [1.165, 1.54) is 6.07 Å². The number of nitrogens with zero attached hydrogens (tertiary/aromatic N) is 2. The summed E-state index contributed by atoms with van der Waals surface area (Å²) >= 11 is 0. The van der Waals surface area contributed by atoms with Crippen LogP contribution in [-0.2, 0) is 0 Å². The van der Waals surface area contributed by atoms with Crippen LogP contribution in [0.5, 0.6) is 11.5 Å². The Balaban J connectivity index is 1.31. The Kier molecular flexibility index (Phi) is 6.61. The average molecular weight is 437 g/mol. The number of para-hydroxylation sites is 1. The van der Waals surface area contributed by atoms with Crippen molar-refractivity contribution < 1.29 is 18.7 Å². The van der Waals surface area contributed by atoms with Crippen LogP contribution in [0.3, 0.4) is 0 Å². The van der Waals surface area contributed by atoms with Gasteiger partial charge in [-0.05, 0) is 24.3 Å². The number of carbonyl (C=O) groups excluding carboxylic acids is 1. The van der Waals surface area contributed by atoms with Crippen LogP contribution in [0, 0.1) is 0 Å². The number of hydrogen-bond acceptors (Lipinski definition) is 7. The Labute approximate surface area is 186 Å². The summed E-state index contributed by atoms with van der Waals surface area (Å²) in [7, 11) is 3.14. The lowest BCUT2D eigenvalue weighted by molar-refractivity contribution is 0.0641. The van der Waals surface area contributed by atoms with Gasteiger partial charge in [0.2, 0.25) is 0 Å². The van der Waals surface area contributed by atoms with Crippen LogP contribution in [0.25, 0.3) is 11.0 Å². The molecule has 32 heavy (non-hydrogen) atoms. The van der Waals surface area contributed by atoms with E-state index in [1.54, 1.807) is 38.5 Å². The van der Waals surface area contributed by atoms with Gasteiger partial charge in [0, 0.05) is 62.4 Å². The van der Waals surface area contributed by atoms with E-state index in [1.807, 2.05) is 23.1 Å². The van der Waals surface area contributed by atoms with E-state index in [2.05, 4.69) is 10.2 Å². The van der Waals surface area contributed by atoms with Crippen molar-refractivity contribution in [2.75, 3.05) is 58.8 Å². The average Bonchev–Trinajstić information content (AvgIpc) is 2.83. The zero-order valence-electron chi connectivity index (χ0n) is 18.3. The molecule has 0 atom stereocenters. The number of amides is 1. The molecule has 1 aliphatic heterocycles. The molecule has 1 amide bonds. The van der Waals surface area contributed by atoms with Gasteiger partial charge in [-0.1, -0.05) is 12.1 Å². The summed E-state index contributed by atoms with van der Waals surface area (Å²) in [6.45, 7) is 4.36. The highest BCUT2D eigenvalue weighted by Gasteiger charge is 2.23. The molecule has 168 valence electrons. The first kappa shape index (κ1) is 21.7. The van der Waals surface area contributed by atoms with E-state index in [0.29, 0.717) is 42.3 Å². The van der Waals surface area contributed by atoms with Crippen LogP contribution in [0.1, 0.15) is 10.4 Å². The second-order valence-corrected chi connectivity index (χ2v) is 7.64. The van der Waals surface area contributed by atoms with Gasteiger partial charge in [-0.3, -0.25) is 9.69 Å². The summed E-state index contributed by atoms with van der Waals surface area (Å²) in [5.74, 6) is 1.17. The van der Waals surface area contributed by atoms with E-state index < -0.39 is 0 Å². The zero-order valence-corrected chi connectivity index (χ0v) is 18.3. The monoisotopic (exact) mass is 437 g/mol. The molecule has 0 bridgehead atoms. The van der Waals surface area contributed by atoms with Gasteiger partial charge >= 0.3 is 5.63 Å². The van der Waals surface area contributed by atoms with Crippen molar-refractivity contribution >= 4 is 22.6 Å². The predicted molar refractivity (Wildman–Crippen MR) is 123 cm³/mol. The minimum Gasteiger partial charge on any atom is -0.497 e. The third-order valence-electron chi connectivity index (χ3n) is 5.65. The number of nitrogens with one attached hydrogen (secondary N) is 1. The number of carbonyl (C=O) groups is 1. The highest BCUT2D eigenvalue weighted by molar-refractivity contribution is 5.95. The van der Waals surface area contributed by atoms with Crippen molar-refractivity contribution in [2.45, 2.75) is 0 Å². The highest BCUT2D eigenvalue weighted by Crippen LogP contribution is 2.24. The van der Waals surface area contributed by atoms with Gasteiger partial charge in [-0.15, -0.1) is 0 Å². The van der Waals surface area contributed by atoms with E-state index in [0.717, 1.165) is 30.7 Å². The largest absolute Gasteiger partial charge is 0.497 e. The Morgan fingerprint density at radius 3 is 2.38 bits per heavy atom. The number of benzene rings is 2. The predicted octanol–water partition coefficient (Wildman–Crippen LogP) is 2.68. The maximum Gasteiger partial charge on any atom is 0.338 e. The van der Waals surface area contributed by atoms with Gasteiger partial charge < -0.3 is 24.1 Å². The van der Waals surface area contributed by atoms with Crippen LogP contribution in [0.4, 0.5) is 5.69 Å². The first-order valence-electron chi connectivity index (χ1n) is 10.6. The van der Waals surface area contributed by atoms with Crippen molar-refractivity contribution in [1.29, 1.82) is 0 Å². The zero-order chi connectivity index (χ0) is 22.5. The van der Waals surface area contributed by atoms with Crippen LogP contribution in [-0.4, -0.2) is 69.2 Å². The fourth-order valence-electron chi connectivity index (χ4n) is 3.89. The minimum atomic E-state index is -0.368. The van der Waals surface area contributed by atoms with Gasteiger partial charge in [-0.25, -0.2) is 4.79 Å². The highest BCUT2D eigenvalue weighted by atomic mass is 16.5. The second-order valence-electron chi connectivity index (χ2n) is 7.64. The molecule has 8 nitrogen and oxygen atoms in total. The molecule has 0 aliphatic carbocycles. The number of rotatable bonds is 7. The van der Waals surface area contributed by atoms with Crippen molar-refractivity contribution in [1.82, 2.24) is 9.80 Å². The molecule has 0 saturated carbocycles. The summed E-state index contributed by atoms with van der Waals surface area (Å²) in [4.78, 5) is 28.9. The van der Waals surface area contributed by atoms with Crippen molar-refractivity contribution in [2.24, 2.45) is 0 Å². The summed E-state index contributed by atoms with van der Waals surface area (Å²) < 4.78 is 15.8. The van der Waals surface area contributed by atoms with Crippen LogP contribution < -0.4 is 20.4 Å². The SMILES string of the molecule is COc1cc(OC)cc(C(=O)N2CCN(CCNc3cc(=O)oc4ccccc34)CC2)c1. The molecule has 2 aromatic carbocycles. The van der Waals surface area contributed by atoms with Crippen molar-refractivity contribution in [3.63, 3.8) is 0 Å². The third-order valence-corrected chi connectivity index (χ3v) is 5.65. The third kappa shape index (κ3) is 4.86. The van der Waals surface area contributed by atoms with Gasteiger partial charge in [0.15, 0.2) is 0 Å². The number of piperazine rings is 1. The molecule has 1 fully saturated rings. The topological polar surface area (TPSA) is 84.3 Å². The summed E-state index contributed by atoms with van der Waals surface area (Å²) in [6.07, 6.45) is 0. The van der Waals surface area contributed by atoms with E-state index in [-0.39, 0.29) is 11.5 Å². The fourth-order valence-corrected chi connectivity index (χ4v) is 3.89.